The number of aryl methyl sites for hydroxylation is 1. The quantitative estimate of drug-likeness (QED) is 0.873. The van der Waals surface area contributed by atoms with Gasteiger partial charge in [0.15, 0.2) is 5.17 Å². The third-order valence-corrected chi connectivity index (χ3v) is 3.15. The second-order valence-electron chi connectivity index (χ2n) is 3.61. The van der Waals surface area contributed by atoms with Crippen molar-refractivity contribution in [3.63, 3.8) is 0 Å². The fraction of sp³-hybridized carbons (Fsp3) is 0.417. The molecule has 5 heteroatoms. The van der Waals surface area contributed by atoms with E-state index in [2.05, 4.69) is 16.0 Å². The summed E-state index contributed by atoms with van der Waals surface area (Å²) in [6, 6.07) is 5.85. The molecule has 0 aliphatic carbocycles. The molecule has 0 spiro atoms. The van der Waals surface area contributed by atoms with Crippen molar-refractivity contribution in [2.45, 2.75) is 20.4 Å². The van der Waals surface area contributed by atoms with Crippen LogP contribution in [0.25, 0.3) is 0 Å². The first-order chi connectivity index (χ1) is 8.17. The van der Waals surface area contributed by atoms with Crippen LogP contribution in [-0.2, 0) is 6.54 Å². The zero-order valence-corrected chi connectivity index (χ0v) is 10.9. The van der Waals surface area contributed by atoms with Crippen LogP contribution in [0.2, 0.25) is 0 Å². The number of aromatic nitrogens is 1. The van der Waals surface area contributed by atoms with Crippen molar-refractivity contribution < 1.29 is 0 Å². The van der Waals surface area contributed by atoms with Gasteiger partial charge in [0, 0.05) is 37.7 Å². The molecule has 0 atom stereocenters. The van der Waals surface area contributed by atoms with E-state index in [4.69, 9.17) is 10.7 Å². The Bertz CT molecular complexity index is 408. The van der Waals surface area contributed by atoms with Crippen molar-refractivity contribution in [1.82, 2.24) is 9.88 Å². The largest absolute Gasteiger partial charge is 0.346 e. The van der Waals surface area contributed by atoms with Gasteiger partial charge in [0.2, 0.25) is 0 Å². The van der Waals surface area contributed by atoms with Gasteiger partial charge in [-0.1, -0.05) is 17.8 Å². The summed E-state index contributed by atoms with van der Waals surface area (Å²) < 4.78 is 0. The summed E-state index contributed by atoms with van der Waals surface area (Å²) in [7, 11) is 0. The molecule has 0 unspecified atom stereocenters. The third-order valence-electron chi connectivity index (χ3n) is 2.23. The van der Waals surface area contributed by atoms with Crippen LogP contribution in [0.4, 0.5) is 0 Å². The Morgan fingerprint density at radius 2 is 2.29 bits per heavy atom. The van der Waals surface area contributed by atoms with Gasteiger partial charge in [-0.2, -0.15) is 5.26 Å². The smallest absolute Gasteiger partial charge is 0.156 e. The van der Waals surface area contributed by atoms with Gasteiger partial charge < -0.3 is 4.90 Å². The summed E-state index contributed by atoms with van der Waals surface area (Å²) in [6.07, 6.45) is 1.89. The lowest BCUT2D eigenvalue weighted by atomic mass is 10.2. The Kier molecular flexibility index (Phi) is 5.50. The number of amidine groups is 1. The minimum Gasteiger partial charge on any atom is -0.346 e. The number of thioether (sulfide) groups is 1. The number of nitrogens with zero attached hydrogens (tertiary/aromatic N) is 3. The molecule has 1 aromatic rings. The minimum atomic E-state index is 0.686. The number of hydrogen-bond acceptors (Lipinski definition) is 4. The summed E-state index contributed by atoms with van der Waals surface area (Å²) >= 11 is 1.62. The zero-order valence-electron chi connectivity index (χ0n) is 10.1. The van der Waals surface area contributed by atoms with Crippen LogP contribution < -0.4 is 0 Å². The van der Waals surface area contributed by atoms with Crippen molar-refractivity contribution in [2.75, 3.05) is 12.3 Å². The Morgan fingerprint density at radius 3 is 2.76 bits per heavy atom. The molecule has 0 radical (unpaired) electrons. The number of nitrogens with one attached hydrogen (secondary N) is 1. The lowest BCUT2D eigenvalue weighted by Crippen LogP contribution is -2.22. The van der Waals surface area contributed by atoms with Gasteiger partial charge in [0.05, 0.1) is 6.07 Å². The molecule has 1 N–H and O–H groups in total. The van der Waals surface area contributed by atoms with Crippen molar-refractivity contribution in [2.24, 2.45) is 0 Å². The first-order valence-electron chi connectivity index (χ1n) is 5.36. The highest BCUT2D eigenvalue weighted by Gasteiger charge is 2.17. The number of nitriles is 1. The van der Waals surface area contributed by atoms with Crippen LogP contribution in [-0.4, -0.2) is 27.3 Å². The van der Waals surface area contributed by atoms with Gasteiger partial charge in [0.25, 0.3) is 0 Å². The van der Waals surface area contributed by atoms with E-state index in [-0.39, 0.29) is 0 Å². The summed E-state index contributed by atoms with van der Waals surface area (Å²) in [6.45, 7) is 5.22. The van der Waals surface area contributed by atoms with Gasteiger partial charge in [-0.15, -0.1) is 0 Å². The molecule has 2 heterocycles. The molecule has 0 bridgehead atoms. The molecule has 1 aliphatic heterocycles. The van der Waals surface area contributed by atoms with E-state index in [0.717, 1.165) is 24.5 Å². The van der Waals surface area contributed by atoms with Gasteiger partial charge in [0.1, 0.15) is 0 Å². The van der Waals surface area contributed by atoms with Crippen molar-refractivity contribution in [3.8, 4) is 6.07 Å². The molecule has 0 amide bonds. The van der Waals surface area contributed by atoms with Crippen LogP contribution >= 0.6 is 11.8 Å². The van der Waals surface area contributed by atoms with E-state index >= 15 is 0 Å². The molecule has 1 fully saturated rings. The first kappa shape index (κ1) is 13.5. The molecule has 0 aromatic carbocycles. The molecule has 1 saturated heterocycles. The molecule has 1 aromatic heterocycles. The Morgan fingerprint density at radius 1 is 1.59 bits per heavy atom. The van der Waals surface area contributed by atoms with Crippen LogP contribution in [0.1, 0.15) is 18.2 Å². The number of pyridine rings is 1. The normalized spacial score (nSPS) is 13.9. The SMILES string of the molecule is CC#N.Cc1ccc(CN2CCSC2=N)cn1. The average molecular weight is 248 g/mol. The van der Waals surface area contributed by atoms with E-state index in [9.17, 15) is 0 Å². The third kappa shape index (κ3) is 4.45. The number of rotatable bonds is 2. The Labute approximate surface area is 106 Å². The fourth-order valence-electron chi connectivity index (χ4n) is 1.41. The van der Waals surface area contributed by atoms with E-state index in [1.165, 1.54) is 12.5 Å². The van der Waals surface area contributed by atoms with Crippen LogP contribution in [0.3, 0.4) is 0 Å². The Hall–Kier alpha value is -1.54. The molecule has 2 rings (SSSR count). The van der Waals surface area contributed by atoms with Gasteiger partial charge in [-0.25, -0.2) is 0 Å². The molecule has 4 nitrogen and oxygen atoms in total. The molecule has 17 heavy (non-hydrogen) atoms. The standard InChI is InChI=1S/C10H13N3S.C2H3N/c1-8-2-3-9(6-12-8)7-13-4-5-14-10(13)11;1-2-3/h2-3,6,11H,4-5,7H2,1H3;1H3. The van der Waals surface area contributed by atoms with Crippen molar-refractivity contribution >= 4 is 16.9 Å². The summed E-state index contributed by atoms with van der Waals surface area (Å²) in [5.74, 6) is 1.04. The van der Waals surface area contributed by atoms with E-state index < -0.39 is 0 Å². The first-order valence-corrected chi connectivity index (χ1v) is 6.34. The van der Waals surface area contributed by atoms with Crippen LogP contribution in [0, 0.1) is 23.7 Å². The molecular formula is C12H16N4S. The highest BCUT2D eigenvalue weighted by atomic mass is 32.2. The molecule has 1 aliphatic rings. The predicted molar refractivity (Wildman–Crippen MR) is 70.9 cm³/mol. The summed E-state index contributed by atoms with van der Waals surface area (Å²) in [5, 5.41) is 15.7. The molecule has 90 valence electrons. The second-order valence-corrected chi connectivity index (χ2v) is 4.69. The fourth-order valence-corrected chi connectivity index (χ4v) is 2.25. The van der Waals surface area contributed by atoms with E-state index in [1.54, 1.807) is 17.8 Å². The zero-order chi connectivity index (χ0) is 12.7. The van der Waals surface area contributed by atoms with Crippen LogP contribution in [0.5, 0.6) is 0 Å². The number of hydrogen-bond donors (Lipinski definition) is 1. The summed E-state index contributed by atoms with van der Waals surface area (Å²) in [4.78, 5) is 6.32. The van der Waals surface area contributed by atoms with E-state index in [1.807, 2.05) is 19.2 Å². The van der Waals surface area contributed by atoms with Gasteiger partial charge in [-0.3, -0.25) is 10.4 Å². The highest BCUT2D eigenvalue weighted by molar-refractivity contribution is 8.14. The lowest BCUT2D eigenvalue weighted by molar-refractivity contribution is 0.454. The minimum absolute atomic E-state index is 0.686. The lowest BCUT2D eigenvalue weighted by Gasteiger charge is -2.16. The molecule has 0 saturated carbocycles. The maximum Gasteiger partial charge on any atom is 0.156 e. The monoisotopic (exact) mass is 248 g/mol. The van der Waals surface area contributed by atoms with Crippen LogP contribution in [0.15, 0.2) is 18.3 Å². The second kappa shape index (κ2) is 6.92. The van der Waals surface area contributed by atoms with Gasteiger partial charge in [-0.05, 0) is 18.6 Å². The van der Waals surface area contributed by atoms with Gasteiger partial charge >= 0.3 is 0 Å². The van der Waals surface area contributed by atoms with E-state index in [0.29, 0.717) is 5.17 Å². The summed E-state index contributed by atoms with van der Waals surface area (Å²) in [5.41, 5.74) is 2.22. The maximum absolute atomic E-state index is 7.67. The van der Waals surface area contributed by atoms with Crippen molar-refractivity contribution in [1.29, 1.82) is 10.7 Å². The highest BCUT2D eigenvalue weighted by Crippen LogP contribution is 2.18. The molecular weight excluding hydrogens is 232 g/mol. The van der Waals surface area contributed by atoms with Crippen molar-refractivity contribution in [3.05, 3.63) is 29.6 Å². The maximum atomic E-state index is 7.67. The average Bonchev–Trinajstić information content (AvgIpc) is 2.69. The predicted octanol–water partition coefficient (Wildman–Crippen LogP) is 2.40. The Balaban J connectivity index is 0.000000437. The topological polar surface area (TPSA) is 63.8 Å².